The van der Waals surface area contributed by atoms with Crippen LogP contribution in [0.5, 0.6) is 0 Å². The van der Waals surface area contributed by atoms with E-state index in [1.165, 1.54) is 12.1 Å². The first kappa shape index (κ1) is 22.5. The van der Waals surface area contributed by atoms with Crippen molar-refractivity contribution in [2.24, 2.45) is 17.8 Å². The number of amides is 1. The van der Waals surface area contributed by atoms with Crippen LogP contribution in [0.4, 0.5) is 10.1 Å². The van der Waals surface area contributed by atoms with Crippen LogP contribution in [0.15, 0.2) is 36.4 Å². The van der Waals surface area contributed by atoms with Crippen LogP contribution in [0.25, 0.3) is 22.2 Å². The summed E-state index contributed by atoms with van der Waals surface area (Å²) in [6.45, 7) is 3.95. The number of fused-ring (bicyclic) bond motifs is 1. The van der Waals surface area contributed by atoms with Gasteiger partial charge >= 0.3 is 0 Å². The molecule has 4 aromatic rings. The van der Waals surface area contributed by atoms with Gasteiger partial charge in [0.2, 0.25) is 5.91 Å². The molecule has 182 valence electrons. The molecule has 1 unspecified atom stereocenters. The first-order valence-corrected chi connectivity index (χ1v) is 12.5. The number of aromatic amines is 2. The van der Waals surface area contributed by atoms with Crippen molar-refractivity contribution in [2.45, 2.75) is 45.4 Å². The van der Waals surface area contributed by atoms with Gasteiger partial charge in [0.25, 0.3) is 0 Å². The average molecular weight is 483 g/mol. The molecule has 2 heterocycles. The van der Waals surface area contributed by atoms with Gasteiger partial charge in [-0.2, -0.15) is 10.4 Å². The van der Waals surface area contributed by atoms with Crippen molar-refractivity contribution in [1.29, 1.82) is 5.26 Å². The van der Waals surface area contributed by atoms with Gasteiger partial charge in [-0.15, -0.1) is 0 Å². The number of nitriles is 1. The summed E-state index contributed by atoms with van der Waals surface area (Å²) < 4.78 is 14.6. The Morgan fingerprint density at radius 2 is 1.81 bits per heavy atom. The molecule has 2 aliphatic rings. The second kappa shape index (κ2) is 8.59. The second-order valence-corrected chi connectivity index (χ2v) is 10.2. The van der Waals surface area contributed by atoms with Crippen molar-refractivity contribution < 1.29 is 9.18 Å². The Balaban J connectivity index is 1.34. The Hall–Kier alpha value is -3.99. The van der Waals surface area contributed by atoms with Gasteiger partial charge in [0, 0.05) is 16.9 Å². The minimum atomic E-state index is -0.540. The first-order chi connectivity index (χ1) is 17.4. The Morgan fingerprint density at radius 1 is 1.11 bits per heavy atom. The summed E-state index contributed by atoms with van der Waals surface area (Å²) in [4.78, 5) is 21.5. The number of nitrogens with one attached hydrogen (secondary N) is 3. The molecule has 6 rings (SSSR count). The maximum atomic E-state index is 14.6. The molecule has 2 fully saturated rings. The van der Waals surface area contributed by atoms with Crippen molar-refractivity contribution in [3.05, 3.63) is 65.0 Å². The molecular formula is C28H27FN6O. The topological polar surface area (TPSA) is 110 Å². The third-order valence-electron chi connectivity index (χ3n) is 7.60. The minimum absolute atomic E-state index is 0.113. The quantitative estimate of drug-likeness (QED) is 0.312. The predicted molar refractivity (Wildman–Crippen MR) is 135 cm³/mol. The van der Waals surface area contributed by atoms with E-state index >= 15 is 0 Å². The van der Waals surface area contributed by atoms with Crippen LogP contribution >= 0.6 is 0 Å². The van der Waals surface area contributed by atoms with E-state index in [4.69, 9.17) is 0 Å². The second-order valence-electron chi connectivity index (χ2n) is 10.2. The lowest BCUT2D eigenvalue weighted by molar-refractivity contribution is -0.119. The van der Waals surface area contributed by atoms with E-state index in [1.54, 1.807) is 0 Å². The van der Waals surface area contributed by atoms with Gasteiger partial charge in [-0.25, -0.2) is 9.37 Å². The number of H-pyrrole nitrogens is 2. The van der Waals surface area contributed by atoms with Crippen LogP contribution < -0.4 is 5.32 Å². The molecule has 36 heavy (non-hydrogen) atoms. The minimum Gasteiger partial charge on any atom is -0.340 e. The van der Waals surface area contributed by atoms with E-state index in [1.807, 2.05) is 38.1 Å². The Kier molecular flexibility index (Phi) is 5.36. The number of hydrogen-bond acceptors (Lipinski definition) is 4. The maximum Gasteiger partial charge on any atom is 0.235 e. The molecule has 2 saturated carbocycles. The number of imidazole rings is 1. The number of aryl methyl sites for hydroxylation is 2. The van der Waals surface area contributed by atoms with Crippen molar-refractivity contribution in [1.82, 2.24) is 20.2 Å². The summed E-state index contributed by atoms with van der Waals surface area (Å²) in [6.07, 6.45) is 4.39. The zero-order valence-electron chi connectivity index (χ0n) is 20.2. The first-order valence-electron chi connectivity index (χ1n) is 12.5. The van der Waals surface area contributed by atoms with E-state index in [0.29, 0.717) is 34.4 Å². The lowest BCUT2D eigenvalue weighted by atomic mass is 9.82. The Labute approximate surface area is 208 Å². The molecule has 1 atom stereocenters. The monoisotopic (exact) mass is 482 g/mol. The molecule has 2 aromatic heterocycles. The molecule has 7 nitrogen and oxygen atoms in total. The van der Waals surface area contributed by atoms with Crippen molar-refractivity contribution in [3.63, 3.8) is 0 Å². The fourth-order valence-corrected chi connectivity index (χ4v) is 5.61. The lowest BCUT2D eigenvalue weighted by Crippen LogP contribution is -2.31. The molecule has 3 N–H and O–H groups in total. The highest BCUT2D eigenvalue weighted by Gasteiger charge is 2.49. The molecule has 0 saturated heterocycles. The number of nitrogens with zero attached hydrogens (tertiary/aromatic N) is 3. The lowest BCUT2D eigenvalue weighted by Gasteiger charge is -2.25. The van der Waals surface area contributed by atoms with Crippen LogP contribution in [0, 0.1) is 48.7 Å². The molecule has 0 bridgehead atoms. The van der Waals surface area contributed by atoms with Gasteiger partial charge in [-0.05, 0) is 87.1 Å². The summed E-state index contributed by atoms with van der Waals surface area (Å²) in [5.74, 6) is 0.332. The molecule has 0 aliphatic heterocycles. The normalized spacial score (nSPS) is 16.3. The van der Waals surface area contributed by atoms with Crippen LogP contribution in [0.3, 0.4) is 0 Å². The van der Waals surface area contributed by atoms with E-state index < -0.39 is 11.7 Å². The molecular weight excluding hydrogens is 455 g/mol. The van der Waals surface area contributed by atoms with Crippen LogP contribution in [-0.4, -0.2) is 26.1 Å². The fourth-order valence-electron chi connectivity index (χ4n) is 5.61. The van der Waals surface area contributed by atoms with Gasteiger partial charge < -0.3 is 10.3 Å². The van der Waals surface area contributed by atoms with Crippen molar-refractivity contribution >= 4 is 22.6 Å². The van der Waals surface area contributed by atoms with Gasteiger partial charge in [-0.1, -0.05) is 12.1 Å². The number of aromatic nitrogens is 4. The molecule has 2 aromatic carbocycles. The predicted octanol–water partition coefficient (Wildman–Crippen LogP) is 5.74. The molecule has 1 amide bonds. The molecule has 0 radical (unpaired) electrons. The van der Waals surface area contributed by atoms with Crippen LogP contribution in [0.1, 0.15) is 54.4 Å². The zero-order valence-corrected chi connectivity index (χ0v) is 20.2. The van der Waals surface area contributed by atoms with E-state index in [-0.39, 0.29) is 17.3 Å². The van der Waals surface area contributed by atoms with E-state index in [2.05, 4.69) is 31.6 Å². The third-order valence-corrected chi connectivity index (χ3v) is 7.60. The Bertz CT molecular complexity index is 1470. The number of benzene rings is 2. The number of hydrogen-bond donors (Lipinski definition) is 3. The van der Waals surface area contributed by atoms with Crippen molar-refractivity contribution in [2.75, 3.05) is 5.32 Å². The highest BCUT2D eigenvalue weighted by Crippen LogP contribution is 2.55. The summed E-state index contributed by atoms with van der Waals surface area (Å²) in [5, 5.41) is 19.9. The highest BCUT2D eigenvalue weighted by molar-refractivity contribution is 5.96. The van der Waals surface area contributed by atoms with Gasteiger partial charge in [0.1, 0.15) is 17.4 Å². The SMILES string of the molecule is Cc1n[nH]c(C)c1-c1ccc(NC(=O)C(c2nc3c(F)ccc(C#N)c3[nH]2)C(C2CC2)C2CC2)cc1. The summed E-state index contributed by atoms with van der Waals surface area (Å²) >= 11 is 0. The van der Waals surface area contributed by atoms with Gasteiger partial charge in [0.05, 0.1) is 22.7 Å². The van der Waals surface area contributed by atoms with E-state index in [0.717, 1.165) is 48.2 Å². The molecule has 2 aliphatic carbocycles. The van der Waals surface area contributed by atoms with E-state index in [9.17, 15) is 14.4 Å². The smallest absolute Gasteiger partial charge is 0.235 e. The Morgan fingerprint density at radius 3 is 2.39 bits per heavy atom. The summed E-state index contributed by atoms with van der Waals surface area (Å²) in [5.41, 5.74) is 5.49. The summed E-state index contributed by atoms with van der Waals surface area (Å²) in [7, 11) is 0. The highest BCUT2D eigenvalue weighted by atomic mass is 19.1. The standard InChI is InChI=1S/C28H27FN6O/c1-14-22(15(2)35-34-14)16-7-10-20(11-8-16)31-28(36)24(23(17-3-4-17)18-5-6-18)27-32-25-19(13-30)9-12-21(29)26(25)33-27/h7-12,17-18,23-24H,3-6H2,1-2H3,(H,31,36)(H,32,33)(H,34,35). The average Bonchev–Trinajstić information content (AvgIpc) is 3.80. The van der Waals surface area contributed by atoms with Gasteiger partial charge in [0.15, 0.2) is 5.82 Å². The molecule has 8 heteroatoms. The van der Waals surface area contributed by atoms with Gasteiger partial charge in [-0.3, -0.25) is 9.89 Å². The largest absolute Gasteiger partial charge is 0.340 e. The molecule has 0 spiro atoms. The zero-order chi connectivity index (χ0) is 25.0. The fraction of sp³-hybridized carbons (Fsp3) is 0.357. The maximum absolute atomic E-state index is 14.6. The number of rotatable bonds is 7. The van der Waals surface area contributed by atoms with Crippen molar-refractivity contribution in [3.8, 4) is 17.2 Å². The number of carbonyl (C=O) groups excluding carboxylic acids is 1. The number of halogens is 1. The number of carbonyl (C=O) groups is 1. The number of anilines is 1. The third kappa shape index (κ3) is 3.95. The van der Waals surface area contributed by atoms with Crippen LogP contribution in [0.2, 0.25) is 0 Å². The van der Waals surface area contributed by atoms with Crippen LogP contribution in [-0.2, 0) is 4.79 Å². The summed E-state index contributed by atoms with van der Waals surface area (Å²) in [6, 6.07) is 12.5.